The van der Waals surface area contributed by atoms with Gasteiger partial charge in [-0.2, -0.15) is 0 Å². The normalized spacial score (nSPS) is 21.2. The zero-order valence-electron chi connectivity index (χ0n) is 16.4. The van der Waals surface area contributed by atoms with Crippen LogP contribution in [0, 0.1) is 11.7 Å². The van der Waals surface area contributed by atoms with E-state index in [0.717, 1.165) is 40.4 Å². The Balaban J connectivity index is 1.20. The molecule has 4 heteroatoms. The number of hydrogen-bond acceptors (Lipinski definition) is 2. The van der Waals surface area contributed by atoms with E-state index in [0.29, 0.717) is 5.92 Å². The molecule has 0 amide bonds. The number of hydrogen-bond donors (Lipinski definition) is 0. The summed E-state index contributed by atoms with van der Waals surface area (Å²) in [5, 5.41) is 1.74. The number of aromatic nitrogens is 1. The lowest BCUT2D eigenvalue weighted by Gasteiger charge is -2.29. The monoisotopic (exact) mass is 406 g/mol. The molecule has 0 bridgehead atoms. The summed E-state index contributed by atoms with van der Waals surface area (Å²) in [6, 6.07) is 13.0. The molecule has 0 radical (unpaired) electrons. The number of nitrogens with zero attached hydrogens (tertiary/aromatic N) is 2. The molecule has 29 heavy (non-hydrogen) atoms. The van der Waals surface area contributed by atoms with Gasteiger partial charge in [0.05, 0.1) is 11.2 Å². The Labute approximate surface area is 175 Å². The van der Waals surface area contributed by atoms with Gasteiger partial charge in [0, 0.05) is 28.7 Å². The predicted octanol–water partition coefficient (Wildman–Crippen LogP) is 7.41. The van der Waals surface area contributed by atoms with E-state index >= 15 is 0 Å². The molecule has 148 valence electrons. The summed E-state index contributed by atoms with van der Waals surface area (Å²) < 4.78 is 13.8. The number of rotatable bonds is 4. The Morgan fingerprint density at radius 2 is 1.86 bits per heavy atom. The van der Waals surface area contributed by atoms with Gasteiger partial charge in [0.15, 0.2) is 0 Å². The molecule has 0 unspecified atom stereocenters. The number of aliphatic imine (C=N–C) groups is 1. The maximum Gasteiger partial charge on any atom is 0.123 e. The lowest BCUT2D eigenvalue weighted by Crippen LogP contribution is -2.15. The number of benzene rings is 2. The molecule has 2 aromatic carbocycles. The fraction of sp³-hybridized carbons (Fsp3) is 0.360. The summed E-state index contributed by atoms with van der Waals surface area (Å²) in [6.45, 7) is 0. The molecule has 1 saturated carbocycles. The molecular formula is C25H24ClFN2. The van der Waals surface area contributed by atoms with E-state index < -0.39 is 0 Å². The minimum absolute atomic E-state index is 0.181. The predicted molar refractivity (Wildman–Crippen MR) is 118 cm³/mol. The molecule has 1 aliphatic carbocycles. The van der Waals surface area contributed by atoms with Gasteiger partial charge >= 0.3 is 0 Å². The fourth-order valence-electron chi connectivity index (χ4n) is 4.99. The first-order valence-electron chi connectivity index (χ1n) is 10.5. The summed E-state index contributed by atoms with van der Waals surface area (Å²) in [5.74, 6) is 1.08. The maximum atomic E-state index is 13.8. The van der Waals surface area contributed by atoms with Crippen LogP contribution in [0.25, 0.3) is 10.9 Å². The van der Waals surface area contributed by atoms with Crippen LogP contribution in [0.15, 0.2) is 53.7 Å². The zero-order valence-corrected chi connectivity index (χ0v) is 17.1. The van der Waals surface area contributed by atoms with E-state index in [1.54, 1.807) is 12.1 Å². The van der Waals surface area contributed by atoms with E-state index in [4.69, 9.17) is 16.6 Å². The standard InChI is InChI=1S/C25H24ClFN2/c26-19-7-6-18-13-21(29-25(18)14-19)9-3-16-1-4-17(5-2-16)22-11-12-28-24-10-8-20(27)15-23(22)24/h6-8,10-12,14-17H,1-5,9,13H2. The van der Waals surface area contributed by atoms with Crippen LogP contribution in [-0.2, 0) is 6.42 Å². The Bertz CT molecular complexity index is 1080. The van der Waals surface area contributed by atoms with Gasteiger partial charge in [-0.25, -0.2) is 4.39 Å². The van der Waals surface area contributed by atoms with Gasteiger partial charge in [-0.15, -0.1) is 0 Å². The highest BCUT2D eigenvalue weighted by Crippen LogP contribution is 2.40. The van der Waals surface area contributed by atoms with Crippen LogP contribution in [0.5, 0.6) is 0 Å². The lowest BCUT2D eigenvalue weighted by atomic mass is 9.76. The Hall–Kier alpha value is -2.26. The molecule has 2 heterocycles. The van der Waals surface area contributed by atoms with E-state index in [1.165, 1.54) is 55.0 Å². The average Bonchev–Trinajstić information content (AvgIpc) is 3.14. The summed E-state index contributed by atoms with van der Waals surface area (Å²) in [4.78, 5) is 9.19. The zero-order chi connectivity index (χ0) is 19.8. The van der Waals surface area contributed by atoms with Crippen LogP contribution >= 0.6 is 11.6 Å². The van der Waals surface area contributed by atoms with Crippen LogP contribution in [0.3, 0.4) is 0 Å². The first-order valence-corrected chi connectivity index (χ1v) is 10.9. The third-order valence-corrected chi connectivity index (χ3v) is 6.82. The van der Waals surface area contributed by atoms with Crippen molar-refractivity contribution >= 4 is 33.9 Å². The van der Waals surface area contributed by atoms with Crippen molar-refractivity contribution in [3.05, 3.63) is 70.6 Å². The third kappa shape index (κ3) is 3.93. The molecule has 1 aromatic heterocycles. The first-order chi connectivity index (χ1) is 14.2. The van der Waals surface area contributed by atoms with Crippen molar-refractivity contribution in [3.8, 4) is 0 Å². The minimum atomic E-state index is -0.181. The largest absolute Gasteiger partial charge is 0.257 e. The fourth-order valence-corrected chi connectivity index (χ4v) is 5.16. The molecule has 2 aliphatic rings. The molecule has 0 N–H and O–H groups in total. The van der Waals surface area contributed by atoms with E-state index in [9.17, 15) is 4.39 Å². The number of pyridine rings is 1. The van der Waals surface area contributed by atoms with Gasteiger partial charge in [-0.05, 0) is 97.9 Å². The van der Waals surface area contributed by atoms with E-state index in [2.05, 4.69) is 17.1 Å². The van der Waals surface area contributed by atoms with Gasteiger partial charge in [0.1, 0.15) is 5.82 Å². The first kappa shape index (κ1) is 18.7. The second kappa shape index (κ2) is 7.87. The molecular weight excluding hydrogens is 383 g/mol. The second-order valence-electron chi connectivity index (χ2n) is 8.45. The van der Waals surface area contributed by atoms with Crippen molar-refractivity contribution in [1.29, 1.82) is 0 Å². The van der Waals surface area contributed by atoms with Crippen LogP contribution in [0.1, 0.15) is 55.6 Å². The minimum Gasteiger partial charge on any atom is -0.257 e. The van der Waals surface area contributed by atoms with Gasteiger partial charge in [-0.1, -0.05) is 17.7 Å². The molecule has 0 saturated heterocycles. The van der Waals surface area contributed by atoms with Gasteiger partial charge in [0.25, 0.3) is 0 Å². The van der Waals surface area contributed by atoms with Crippen LogP contribution in [0.4, 0.5) is 10.1 Å². The molecule has 5 rings (SSSR count). The Morgan fingerprint density at radius 3 is 2.72 bits per heavy atom. The van der Waals surface area contributed by atoms with Crippen LogP contribution < -0.4 is 0 Å². The molecule has 2 nitrogen and oxygen atoms in total. The topological polar surface area (TPSA) is 25.2 Å². The lowest BCUT2D eigenvalue weighted by molar-refractivity contribution is 0.314. The van der Waals surface area contributed by atoms with Crippen molar-refractivity contribution in [2.75, 3.05) is 0 Å². The summed E-state index contributed by atoms with van der Waals surface area (Å²) in [5.41, 5.74) is 5.79. The van der Waals surface area contributed by atoms with Crippen molar-refractivity contribution in [2.24, 2.45) is 10.9 Å². The molecule has 1 aliphatic heterocycles. The highest BCUT2D eigenvalue weighted by molar-refractivity contribution is 6.31. The van der Waals surface area contributed by atoms with Crippen LogP contribution in [-0.4, -0.2) is 10.7 Å². The smallest absolute Gasteiger partial charge is 0.123 e. The molecule has 0 spiro atoms. The number of halogens is 2. The molecule has 1 fully saturated rings. The van der Waals surface area contributed by atoms with Crippen molar-refractivity contribution in [2.45, 2.75) is 50.9 Å². The molecule has 0 atom stereocenters. The summed E-state index contributed by atoms with van der Waals surface area (Å²) in [6.07, 6.45) is 9.92. The van der Waals surface area contributed by atoms with E-state index in [1.807, 2.05) is 18.3 Å². The van der Waals surface area contributed by atoms with Gasteiger partial charge < -0.3 is 0 Å². The van der Waals surface area contributed by atoms with Crippen LogP contribution in [0.2, 0.25) is 5.02 Å². The van der Waals surface area contributed by atoms with E-state index in [-0.39, 0.29) is 5.82 Å². The SMILES string of the molecule is Fc1ccc2nccc(C3CCC(CCC4=Nc5cc(Cl)ccc5C4)CC3)c2c1. The van der Waals surface area contributed by atoms with Gasteiger partial charge in [0.2, 0.25) is 0 Å². The Morgan fingerprint density at radius 1 is 1.00 bits per heavy atom. The highest BCUT2D eigenvalue weighted by atomic mass is 35.5. The number of fused-ring (bicyclic) bond motifs is 2. The van der Waals surface area contributed by atoms with Crippen molar-refractivity contribution < 1.29 is 4.39 Å². The molecule has 3 aromatic rings. The maximum absolute atomic E-state index is 13.8. The second-order valence-corrected chi connectivity index (χ2v) is 8.88. The quantitative estimate of drug-likeness (QED) is 0.442. The van der Waals surface area contributed by atoms with Crippen molar-refractivity contribution in [1.82, 2.24) is 4.98 Å². The summed E-state index contributed by atoms with van der Waals surface area (Å²) in [7, 11) is 0. The van der Waals surface area contributed by atoms with Crippen molar-refractivity contribution in [3.63, 3.8) is 0 Å². The summed E-state index contributed by atoms with van der Waals surface area (Å²) >= 11 is 6.09. The average molecular weight is 407 g/mol. The van der Waals surface area contributed by atoms with Gasteiger partial charge in [-0.3, -0.25) is 9.98 Å². The Kier molecular flexibility index (Phi) is 5.09. The highest BCUT2D eigenvalue weighted by Gasteiger charge is 2.25. The third-order valence-electron chi connectivity index (χ3n) is 6.59.